The molecule has 3 aromatic rings. The number of amides is 1. The second-order valence-corrected chi connectivity index (χ2v) is 7.97. The van der Waals surface area contributed by atoms with E-state index in [4.69, 9.17) is 23.2 Å². The summed E-state index contributed by atoms with van der Waals surface area (Å²) in [6, 6.07) is 12.7. The van der Waals surface area contributed by atoms with Gasteiger partial charge in [0.05, 0.1) is 10.8 Å². The number of carbonyl (C=O) groups is 1. The highest BCUT2D eigenvalue weighted by atomic mass is 127. The van der Waals surface area contributed by atoms with Gasteiger partial charge in [-0.15, -0.1) is 5.10 Å². The van der Waals surface area contributed by atoms with Gasteiger partial charge in [-0.05, 0) is 65.1 Å². The molecule has 1 aromatic heterocycles. The van der Waals surface area contributed by atoms with Crippen LogP contribution in [0.15, 0.2) is 47.6 Å². The van der Waals surface area contributed by atoms with E-state index in [1.807, 2.05) is 24.3 Å². The van der Waals surface area contributed by atoms with Crippen molar-refractivity contribution in [1.29, 1.82) is 0 Å². The number of thioether (sulfide) groups is 1. The molecule has 128 valence electrons. The molecule has 25 heavy (non-hydrogen) atoms. The zero-order valence-electron chi connectivity index (χ0n) is 12.6. The van der Waals surface area contributed by atoms with Crippen molar-refractivity contribution in [2.45, 2.75) is 5.16 Å². The third kappa shape index (κ3) is 5.10. The lowest BCUT2D eigenvalue weighted by Gasteiger charge is -2.03. The summed E-state index contributed by atoms with van der Waals surface area (Å²) >= 11 is 15.5. The number of hydrogen-bond donors (Lipinski definition) is 2. The molecule has 3 rings (SSSR count). The van der Waals surface area contributed by atoms with E-state index in [1.165, 1.54) is 11.8 Å². The van der Waals surface area contributed by atoms with Crippen molar-refractivity contribution in [3.8, 4) is 11.4 Å². The molecular formula is C16H11Cl2IN4OS. The first-order valence-electron chi connectivity index (χ1n) is 7.07. The molecule has 2 N–H and O–H groups in total. The van der Waals surface area contributed by atoms with Crippen LogP contribution in [0.5, 0.6) is 0 Å². The van der Waals surface area contributed by atoms with Gasteiger partial charge < -0.3 is 5.32 Å². The van der Waals surface area contributed by atoms with Gasteiger partial charge in [0.15, 0.2) is 5.82 Å². The summed E-state index contributed by atoms with van der Waals surface area (Å²) in [4.78, 5) is 16.4. The molecule has 0 saturated carbocycles. The molecule has 1 amide bonds. The Bertz CT molecular complexity index is 901. The van der Waals surface area contributed by atoms with E-state index in [0.717, 1.165) is 9.26 Å². The quantitative estimate of drug-likeness (QED) is 0.374. The maximum atomic E-state index is 12.0. The smallest absolute Gasteiger partial charge is 0.234 e. The molecule has 0 aliphatic rings. The van der Waals surface area contributed by atoms with Gasteiger partial charge in [0.1, 0.15) is 0 Å². The van der Waals surface area contributed by atoms with E-state index >= 15 is 0 Å². The van der Waals surface area contributed by atoms with Crippen LogP contribution in [0.3, 0.4) is 0 Å². The van der Waals surface area contributed by atoms with Crippen LogP contribution in [-0.2, 0) is 4.79 Å². The van der Waals surface area contributed by atoms with Crippen LogP contribution < -0.4 is 5.32 Å². The predicted molar refractivity (Wildman–Crippen MR) is 110 cm³/mol. The molecule has 0 saturated heterocycles. The molecule has 1 heterocycles. The Morgan fingerprint density at radius 1 is 1.20 bits per heavy atom. The van der Waals surface area contributed by atoms with Gasteiger partial charge in [-0.3, -0.25) is 9.89 Å². The maximum Gasteiger partial charge on any atom is 0.234 e. The molecule has 0 radical (unpaired) electrons. The molecule has 0 atom stereocenters. The van der Waals surface area contributed by atoms with Gasteiger partial charge in [-0.2, -0.15) is 0 Å². The number of carbonyl (C=O) groups excluding carboxylic acids is 1. The number of H-pyrrole nitrogens is 1. The largest absolute Gasteiger partial charge is 0.325 e. The molecule has 0 aliphatic carbocycles. The molecule has 2 aromatic carbocycles. The van der Waals surface area contributed by atoms with E-state index in [-0.39, 0.29) is 11.7 Å². The summed E-state index contributed by atoms with van der Waals surface area (Å²) in [6.07, 6.45) is 0. The summed E-state index contributed by atoms with van der Waals surface area (Å²) in [5, 5.41) is 11.3. The van der Waals surface area contributed by atoms with Crippen LogP contribution in [0.25, 0.3) is 11.4 Å². The fraction of sp³-hybridized carbons (Fsp3) is 0.0625. The number of aromatic nitrogens is 3. The van der Waals surface area contributed by atoms with Crippen LogP contribution in [0.1, 0.15) is 0 Å². The number of hydrogen-bond acceptors (Lipinski definition) is 4. The van der Waals surface area contributed by atoms with Gasteiger partial charge in [-0.25, -0.2) is 4.98 Å². The Morgan fingerprint density at radius 3 is 2.68 bits per heavy atom. The normalized spacial score (nSPS) is 10.7. The number of nitrogens with one attached hydrogen (secondary N) is 2. The monoisotopic (exact) mass is 504 g/mol. The average Bonchev–Trinajstić information content (AvgIpc) is 3.04. The molecule has 0 spiro atoms. The first-order valence-corrected chi connectivity index (χ1v) is 9.89. The zero-order chi connectivity index (χ0) is 17.8. The first-order chi connectivity index (χ1) is 12.0. The molecular weight excluding hydrogens is 494 g/mol. The highest BCUT2D eigenvalue weighted by molar-refractivity contribution is 14.1. The Balaban J connectivity index is 1.59. The lowest BCUT2D eigenvalue weighted by atomic mass is 10.2. The van der Waals surface area contributed by atoms with Gasteiger partial charge in [-0.1, -0.05) is 35.0 Å². The predicted octanol–water partition coefficient (Wildman–Crippen LogP) is 5.11. The minimum Gasteiger partial charge on any atom is -0.325 e. The average molecular weight is 505 g/mol. The fourth-order valence-electron chi connectivity index (χ4n) is 1.97. The zero-order valence-corrected chi connectivity index (χ0v) is 17.1. The number of benzene rings is 2. The minimum absolute atomic E-state index is 0.123. The lowest BCUT2D eigenvalue weighted by molar-refractivity contribution is -0.113. The van der Waals surface area contributed by atoms with Gasteiger partial charge in [0.25, 0.3) is 0 Å². The number of aromatic amines is 1. The Labute approximate surface area is 172 Å². The lowest BCUT2D eigenvalue weighted by Crippen LogP contribution is -2.14. The summed E-state index contributed by atoms with van der Waals surface area (Å²) < 4.78 is 1.11. The topological polar surface area (TPSA) is 70.7 Å². The van der Waals surface area contributed by atoms with E-state index in [2.05, 4.69) is 43.1 Å². The summed E-state index contributed by atoms with van der Waals surface area (Å²) in [5.74, 6) is 0.613. The third-order valence-electron chi connectivity index (χ3n) is 3.11. The second kappa shape index (κ2) is 8.39. The van der Waals surface area contributed by atoms with Crippen LogP contribution >= 0.6 is 57.6 Å². The maximum absolute atomic E-state index is 12.0. The Morgan fingerprint density at radius 2 is 1.96 bits per heavy atom. The summed E-state index contributed by atoms with van der Waals surface area (Å²) in [7, 11) is 0. The number of nitrogens with zero attached hydrogens (tertiary/aromatic N) is 2. The molecule has 0 unspecified atom stereocenters. The van der Waals surface area contributed by atoms with Crippen molar-refractivity contribution in [3.63, 3.8) is 0 Å². The van der Waals surface area contributed by atoms with Crippen LogP contribution in [0.4, 0.5) is 5.69 Å². The SMILES string of the molecule is O=C(CSc1n[nH]c(-c2ccc(Cl)cc2Cl)n1)Nc1ccc(I)cc1. The van der Waals surface area contributed by atoms with Crippen molar-refractivity contribution in [3.05, 3.63) is 56.1 Å². The van der Waals surface area contributed by atoms with Crippen molar-refractivity contribution >= 4 is 69.1 Å². The number of halogens is 3. The van der Waals surface area contributed by atoms with E-state index < -0.39 is 0 Å². The molecule has 0 bridgehead atoms. The van der Waals surface area contributed by atoms with Gasteiger partial charge in [0.2, 0.25) is 11.1 Å². The van der Waals surface area contributed by atoms with E-state index in [1.54, 1.807) is 18.2 Å². The number of anilines is 1. The Hall–Kier alpha value is -1.29. The van der Waals surface area contributed by atoms with E-state index in [9.17, 15) is 4.79 Å². The molecule has 0 fully saturated rings. The van der Waals surface area contributed by atoms with Crippen LogP contribution in [0, 0.1) is 3.57 Å². The first kappa shape index (κ1) is 18.5. The minimum atomic E-state index is -0.123. The fourth-order valence-corrected chi connectivity index (χ4v) is 3.43. The van der Waals surface area contributed by atoms with Gasteiger partial charge >= 0.3 is 0 Å². The highest BCUT2D eigenvalue weighted by Gasteiger charge is 2.12. The Kier molecular flexibility index (Phi) is 6.21. The number of rotatable bonds is 5. The van der Waals surface area contributed by atoms with Gasteiger partial charge in [0, 0.05) is 19.8 Å². The van der Waals surface area contributed by atoms with Crippen molar-refractivity contribution in [2.75, 3.05) is 11.1 Å². The second-order valence-electron chi connectivity index (χ2n) is 4.93. The van der Waals surface area contributed by atoms with Crippen molar-refractivity contribution in [2.24, 2.45) is 0 Å². The highest BCUT2D eigenvalue weighted by Crippen LogP contribution is 2.29. The molecule has 5 nitrogen and oxygen atoms in total. The molecule has 9 heteroatoms. The summed E-state index contributed by atoms with van der Waals surface area (Å²) in [5.41, 5.74) is 1.46. The van der Waals surface area contributed by atoms with Crippen LogP contribution in [0.2, 0.25) is 10.0 Å². The summed E-state index contributed by atoms with van der Waals surface area (Å²) in [6.45, 7) is 0. The standard InChI is InChI=1S/C16H11Cl2IN4OS/c17-9-1-6-12(13(18)7-9)15-21-16(23-22-15)25-8-14(24)20-11-4-2-10(19)3-5-11/h1-7H,8H2,(H,20,24)(H,21,22,23). The van der Waals surface area contributed by atoms with Crippen molar-refractivity contribution in [1.82, 2.24) is 15.2 Å². The van der Waals surface area contributed by atoms with Crippen LogP contribution in [-0.4, -0.2) is 26.8 Å². The van der Waals surface area contributed by atoms with Crippen molar-refractivity contribution < 1.29 is 4.79 Å². The molecule has 0 aliphatic heterocycles. The van der Waals surface area contributed by atoms with E-state index in [0.29, 0.717) is 26.6 Å². The third-order valence-corrected chi connectivity index (χ3v) is 5.23.